The number of para-hydroxylation sites is 1. The molecule has 3 aromatic rings. The van der Waals surface area contributed by atoms with Crippen LogP contribution in [0.3, 0.4) is 0 Å². The zero-order valence-corrected chi connectivity index (χ0v) is 22.0. The molecular formula is C31H35N3O3. The zero-order valence-electron chi connectivity index (χ0n) is 22.0. The van der Waals surface area contributed by atoms with Gasteiger partial charge in [-0.05, 0) is 98.1 Å². The number of fused-ring (bicyclic) bond motifs is 2. The maximum atomic E-state index is 12.3. The smallest absolute Gasteiger partial charge is 0.313 e. The first-order chi connectivity index (χ1) is 18.0. The van der Waals surface area contributed by atoms with E-state index in [1.165, 1.54) is 29.4 Å². The number of nitrogens with one attached hydrogen (secondary N) is 1. The molecule has 1 aromatic heterocycles. The van der Waals surface area contributed by atoms with Crippen LogP contribution in [-0.2, 0) is 29.0 Å². The van der Waals surface area contributed by atoms with Gasteiger partial charge >= 0.3 is 5.97 Å². The van der Waals surface area contributed by atoms with E-state index in [0.717, 1.165) is 67.3 Å². The molecule has 6 rings (SSSR count). The summed E-state index contributed by atoms with van der Waals surface area (Å²) in [5.74, 6) is 2.05. The van der Waals surface area contributed by atoms with Crippen LogP contribution in [0.15, 0.2) is 48.5 Å². The summed E-state index contributed by atoms with van der Waals surface area (Å²) in [6.45, 7) is 8.42. The van der Waals surface area contributed by atoms with Crippen LogP contribution in [0.2, 0.25) is 0 Å². The molecule has 0 radical (unpaired) electrons. The third-order valence-corrected chi connectivity index (χ3v) is 8.42. The van der Waals surface area contributed by atoms with Crippen molar-refractivity contribution in [3.05, 3.63) is 76.3 Å². The van der Waals surface area contributed by atoms with Gasteiger partial charge in [-0.25, -0.2) is 4.98 Å². The second kappa shape index (κ2) is 9.49. The second-order valence-electron chi connectivity index (χ2n) is 10.9. The summed E-state index contributed by atoms with van der Waals surface area (Å²) in [5.41, 5.74) is 8.11. The number of rotatable bonds is 6. The predicted octanol–water partition coefficient (Wildman–Crippen LogP) is 4.63. The van der Waals surface area contributed by atoms with Gasteiger partial charge in [-0.1, -0.05) is 30.3 Å². The van der Waals surface area contributed by atoms with Crippen LogP contribution in [0.5, 0.6) is 5.75 Å². The predicted molar refractivity (Wildman–Crippen MR) is 145 cm³/mol. The quantitative estimate of drug-likeness (QED) is 0.501. The summed E-state index contributed by atoms with van der Waals surface area (Å²) in [6, 6.07) is 16.9. The molecule has 3 heterocycles. The number of aryl methyl sites for hydroxylation is 2. The van der Waals surface area contributed by atoms with Crippen LogP contribution in [0.4, 0.5) is 5.82 Å². The fourth-order valence-electron chi connectivity index (χ4n) is 6.32. The number of ether oxygens (including phenoxy) is 2. The third-order valence-electron chi connectivity index (χ3n) is 8.42. The van der Waals surface area contributed by atoms with E-state index in [-0.39, 0.29) is 11.4 Å². The Hall–Kier alpha value is -3.38. The van der Waals surface area contributed by atoms with Gasteiger partial charge < -0.3 is 19.7 Å². The van der Waals surface area contributed by atoms with E-state index in [1.54, 1.807) is 0 Å². The largest absolute Gasteiger partial charge is 0.488 e. The van der Waals surface area contributed by atoms with Gasteiger partial charge in [0.15, 0.2) is 0 Å². The van der Waals surface area contributed by atoms with E-state index in [9.17, 15) is 4.79 Å². The van der Waals surface area contributed by atoms with Crippen LogP contribution in [0.1, 0.15) is 34.2 Å². The van der Waals surface area contributed by atoms with Crippen LogP contribution in [-0.4, -0.2) is 44.2 Å². The van der Waals surface area contributed by atoms with Crippen molar-refractivity contribution in [1.29, 1.82) is 0 Å². The van der Waals surface area contributed by atoms with E-state index < -0.39 is 0 Å². The summed E-state index contributed by atoms with van der Waals surface area (Å²) in [4.78, 5) is 19.6. The lowest BCUT2D eigenvalue weighted by Gasteiger charge is -2.22. The minimum atomic E-state index is -0.341. The van der Waals surface area contributed by atoms with E-state index in [1.807, 2.05) is 18.2 Å². The molecule has 1 aliphatic carbocycles. The minimum absolute atomic E-state index is 0.0881. The first-order valence-corrected chi connectivity index (χ1v) is 13.3. The van der Waals surface area contributed by atoms with Gasteiger partial charge in [-0.3, -0.25) is 4.79 Å². The Morgan fingerprint density at radius 3 is 2.81 bits per heavy atom. The maximum absolute atomic E-state index is 12.3. The fraction of sp³-hybridized carbons (Fsp3) is 0.419. The Kier molecular flexibility index (Phi) is 6.15. The number of piperidine rings is 1. The van der Waals surface area contributed by atoms with E-state index in [0.29, 0.717) is 19.1 Å². The number of anilines is 1. The lowest BCUT2D eigenvalue weighted by atomic mass is 9.95. The van der Waals surface area contributed by atoms with Crippen molar-refractivity contribution in [3.63, 3.8) is 0 Å². The van der Waals surface area contributed by atoms with Crippen molar-refractivity contribution in [3.8, 4) is 17.0 Å². The van der Waals surface area contributed by atoms with Crippen molar-refractivity contribution >= 4 is 11.8 Å². The molecule has 2 aromatic carbocycles. The highest BCUT2D eigenvalue weighted by molar-refractivity contribution is 5.83. The fourth-order valence-corrected chi connectivity index (χ4v) is 6.32. The molecule has 6 heteroatoms. The van der Waals surface area contributed by atoms with Crippen molar-refractivity contribution in [2.75, 3.05) is 38.2 Å². The van der Waals surface area contributed by atoms with Gasteiger partial charge in [-0.15, -0.1) is 0 Å². The molecule has 1 N–H and O–H groups in total. The van der Waals surface area contributed by atoms with Crippen molar-refractivity contribution < 1.29 is 14.3 Å². The standard InChI is InChI=1S/C31H35N3O3/c1-20-6-4-7-26(29(20)37-18-22-14-21(2)25-11-13-32-12-10-23(25)15-22)27-8-5-9-28(33-27)34-17-24-16-31(24,19-34)30(35)36-3/h4-9,14-15,24,32H,10-13,16-19H2,1-3H3/t24?,31-/m0/s1. The summed E-state index contributed by atoms with van der Waals surface area (Å²) >= 11 is 0. The average Bonchev–Trinajstić information content (AvgIpc) is 3.57. The summed E-state index contributed by atoms with van der Waals surface area (Å²) in [6.07, 6.45) is 3.07. The Labute approximate surface area is 219 Å². The molecule has 6 nitrogen and oxygen atoms in total. The first-order valence-electron chi connectivity index (χ1n) is 13.3. The van der Waals surface area contributed by atoms with Gasteiger partial charge in [0.2, 0.25) is 0 Å². The summed E-state index contributed by atoms with van der Waals surface area (Å²) in [5, 5.41) is 3.51. The Morgan fingerprint density at radius 2 is 1.95 bits per heavy atom. The van der Waals surface area contributed by atoms with Crippen LogP contribution >= 0.6 is 0 Å². The molecule has 3 aliphatic rings. The highest BCUT2D eigenvalue weighted by Crippen LogP contribution is 2.59. The molecule has 0 spiro atoms. The second-order valence-corrected chi connectivity index (χ2v) is 10.9. The van der Waals surface area contributed by atoms with Crippen molar-refractivity contribution in [2.24, 2.45) is 11.3 Å². The normalized spacial score (nSPS) is 22.1. The molecule has 1 saturated heterocycles. The number of aromatic nitrogens is 1. The summed E-state index contributed by atoms with van der Waals surface area (Å²) < 4.78 is 11.6. The van der Waals surface area contributed by atoms with Crippen LogP contribution < -0.4 is 15.0 Å². The topological polar surface area (TPSA) is 63.7 Å². The molecule has 1 unspecified atom stereocenters. The monoisotopic (exact) mass is 497 g/mol. The highest BCUT2D eigenvalue weighted by atomic mass is 16.5. The number of esters is 1. The van der Waals surface area contributed by atoms with Gasteiger partial charge in [0, 0.05) is 18.7 Å². The molecule has 0 bridgehead atoms. The van der Waals surface area contributed by atoms with Gasteiger partial charge in [0.05, 0.1) is 18.2 Å². The Balaban J connectivity index is 1.24. The number of carbonyl (C=O) groups is 1. The SMILES string of the molecule is COC(=O)[C@]12CC1CN(c1cccc(-c3cccc(C)c3OCc3cc(C)c4c(c3)CCNCC4)n1)C2. The number of pyridine rings is 1. The Morgan fingerprint density at radius 1 is 1.11 bits per heavy atom. The zero-order chi connectivity index (χ0) is 25.6. The molecule has 2 atom stereocenters. The lowest BCUT2D eigenvalue weighted by molar-refractivity contribution is -0.146. The molecule has 1 saturated carbocycles. The van der Waals surface area contributed by atoms with E-state index in [2.05, 4.69) is 54.4 Å². The number of hydrogen-bond donors (Lipinski definition) is 1. The average molecular weight is 498 g/mol. The molecular weight excluding hydrogens is 462 g/mol. The van der Waals surface area contributed by atoms with Crippen LogP contribution in [0, 0.1) is 25.2 Å². The molecule has 2 fully saturated rings. The Bertz CT molecular complexity index is 1350. The third kappa shape index (κ3) is 4.37. The van der Waals surface area contributed by atoms with Crippen molar-refractivity contribution in [1.82, 2.24) is 10.3 Å². The van der Waals surface area contributed by atoms with Gasteiger partial charge in [0.25, 0.3) is 0 Å². The number of hydrogen-bond acceptors (Lipinski definition) is 6. The summed E-state index contributed by atoms with van der Waals surface area (Å²) in [7, 11) is 1.48. The maximum Gasteiger partial charge on any atom is 0.313 e. The number of methoxy groups -OCH3 is 1. The van der Waals surface area contributed by atoms with Gasteiger partial charge in [-0.2, -0.15) is 0 Å². The molecule has 0 amide bonds. The number of nitrogens with zero attached hydrogens (tertiary/aromatic N) is 2. The number of benzene rings is 2. The van der Waals surface area contributed by atoms with Gasteiger partial charge in [0.1, 0.15) is 18.2 Å². The molecule has 192 valence electrons. The highest BCUT2D eigenvalue weighted by Gasteiger charge is 2.66. The minimum Gasteiger partial charge on any atom is -0.488 e. The van der Waals surface area contributed by atoms with Crippen molar-refractivity contribution in [2.45, 2.75) is 39.7 Å². The molecule has 2 aliphatic heterocycles. The molecule has 37 heavy (non-hydrogen) atoms. The lowest BCUT2D eigenvalue weighted by Crippen LogP contribution is -2.29. The van der Waals surface area contributed by atoms with E-state index >= 15 is 0 Å². The van der Waals surface area contributed by atoms with E-state index in [4.69, 9.17) is 14.5 Å². The number of carbonyl (C=O) groups excluding carboxylic acids is 1. The first kappa shape index (κ1) is 24.0. The van der Waals surface area contributed by atoms with Crippen LogP contribution in [0.25, 0.3) is 11.3 Å².